The topological polar surface area (TPSA) is 34.0 Å². The van der Waals surface area contributed by atoms with Gasteiger partial charge in [0, 0.05) is 22.6 Å². The van der Waals surface area contributed by atoms with Gasteiger partial charge in [-0.05, 0) is 56.7 Å². The van der Waals surface area contributed by atoms with Gasteiger partial charge in [0.25, 0.3) is 0 Å². The van der Waals surface area contributed by atoms with E-state index in [4.69, 9.17) is 26.3 Å². The maximum absolute atomic E-state index is 6.38. The maximum Gasteiger partial charge on any atom is 0.184 e. The van der Waals surface area contributed by atoms with E-state index in [1.807, 2.05) is 14.0 Å². The minimum atomic E-state index is -0.536. The summed E-state index contributed by atoms with van der Waals surface area (Å²) in [4.78, 5) is 9.96. The van der Waals surface area contributed by atoms with Gasteiger partial charge in [0.2, 0.25) is 0 Å². The van der Waals surface area contributed by atoms with E-state index in [9.17, 15) is 0 Å². The first-order valence-corrected chi connectivity index (χ1v) is 9.31. The third kappa shape index (κ3) is 2.18. The lowest BCUT2D eigenvalue weighted by Crippen LogP contribution is -2.43. The second-order valence-corrected chi connectivity index (χ2v) is 8.24. The van der Waals surface area contributed by atoms with E-state index in [-0.39, 0.29) is 5.41 Å². The quantitative estimate of drug-likeness (QED) is 0.669. The van der Waals surface area contributed by atoms with Crippen LogP contribution in [0.25, 0.3) is 0 Å². The number of halogens is 2. The molecule has 1 heterocycles. The Labute approximate surface area is 150 Å². The lowest BCUT2D eigenvalue weighted by atomic mass is 9.65. The van der Waals surface area contributed by atoms with Crippen LogP contribution in [0.1, 0.15) is 43.7 Å². The Morgan fingerprint density at radius 1 is 1.26 bits per heavy atom. The maximum atomic E-state index is 6.38. The molecule has 23 heavy (non-hydrogen) atoms. The van der Waals surface area contributed by atoms with Gasteiger partial charge in [0.05, 0.1) is 11.8 Å². The van der Waals surface area contributed by atoms with Crippen LogP contribution >= 0.6 is 27.5 Å². The summed E-state index contributed by atoms with van der Waals surface area (Å²) in [6.45, 7) is 1.96. The average Bonchev–Trinajstić information content (AvgIpc) is 2.97. The molecule has 0 saturated heterocycles. The summed E-state index contributed by atoms with van der Waals surface area (Å²) in [5, 5.41) is 0.561. The molecule has 122 valence electrons. The Morgan fingerprint density at radius 3 is 2.61 bits per heavy atom. The highest BCUT2D eigenvalue weighted by atomic mass is 79.9. The highest BCUT2D eigenvalue weighted by Gasteiger charge is 2.60. The zero-order valence-corrected chi connectivity index (χ0v) is 15.7. The molecule has 1 aromatic rings. The molecule has 0 bridgehead atoms. The summed E-state index contributed by atoms with van der Waals surface area (Å²) in [7, 11) is 1.81. The predicted molar refractivity (Wildman–Crippen MR) is 97.6 cm³/mol. The zero-order valence-electron chi connectivity index (χ0n) is 13.4. The molecule has 1 atom stereocenters. The van der Waals surface area contributed by atoms with E-state index in [2.05, 4.69) is 34.1 Å². The zero-order chi connectivity index (χ0) is 16.2. The van der Waals surface area contributed by atoms with Crippen LogP contribution in [0.5, 0.6) is 0 Å². The molecule has 1 aliphatic heterocycles. The Kier molecular flexibility index (Phi) is 3.71. The van der Waals surface area contributed by atoms with Gasteiger partial charge in [-0.3, -0.25) is 4.99 Å². The molecule has 0 amide bonds. The third-order valence-corrected chi connectivity index (χ3v) is 6.68. The number of fused-ring (bicyclic) bond motifs is 3. The minimum Gasteiger partial charge on any atom is -0.381 e. The van der Waals surface area contributed by atoms with Crippen molar-refractivity contribution in [2.45, 2.75) is 50.8 Å². The first-order valence-electron chi connectivity index (χ1n) is 8.14. The lowest BCUT2D eigenvalue weighted by Gasteiger charge is -2.44. The van der Waals surface area contributed by atoms with Crippen LogP contribution in [0.2, 0.25) is 0 Å². The summed E-state index contributed by atoms with van der Waals surface area (Å²) in [6.07, 6.45) is 5.66. The smallest absolute Gasteiger partial charge is 0.184 e. The first-order chi connectivity index (χ1) is 11.0. The number of hydrogen-bond acceptors (Lipinski definition) is 3. The number of hydrogen-bond donors (Lipinski definition) is 0. The molecule has 0 N–H and O–H groups in total. The average molecular weight is 396 g/mol. The molecule has 3 nitrogen and oxygen atoms in total. The van der Waals surface area contributed by atoms with Gasteiger partial charge in [-0.1, -0.05) is 33.6 Å². The van der Waals surface area contributed by atoms with Crippen molar-refractivity contribution in [1.82, 2.24) is 0 Å². The number of methoxy groups -OCH3 is 1. The molecule has 0 unspecified atom stereocenters. The highest BCUT2D eigenvalue weighted by molar-refractivity contribution is 9.10. The standard InChI is InChI=1S/C18H20BrClN2O/c1-11-16(20)22-18(21-11)15-9-13(19)4-3-12(15)10-17(18)7-5-14(23-2)6-8-17/h3-4,9,14H,5-8,10H2,1-2H3/t14?,17?,18-/m0/s1. The number of nitrogens with zero attached hydrogens (tertiary/aromatic N) is 2. The van der Waals surface area contributed by atoms with Crippen LogP contribution in [0.4, 0.5) is 0 Å². The van der Waals surface area contributed by atoms with Gasteiger partial charge in [0.15, 0.2) is 5.66 Å². The SMILES string of the molecule is COC1CCC2(CC1)Cc1ccc(Br)cc1[C@@]21N=C(C)C(Cl)=N1. The Morgan fingerprint density at radius 2 is 2.00 bits per heavy atom. The van der Waals surface area contributed by atoms with Crippen molar-refractivity contribution >= 4 is 38.4 Å². The molecule has 1 saturated carbocycles. The van der Waals surface area contributed by atoms with Crippen molar-refractivity contribution in [3.8, 4) is 0 Å². The summed E-state index contributed by atoms with van der Waals surface area (Å²) in [5.41, 5.74) is 2.93. The largest absolute Gasteiger partial charge is 0.381 e. The summed E-state index contributed by atoms with van der Waals surface area (Å²) < 4.78 is 6.65. The number of rotatable bonds is 1. The van der Waals surface area contributed by atoms with E-state index in [0.29, 0.717) is 11.3 Å². The van der Waals surface area contributed by atoms with Gasteiger partial charge < -0.3 is 4.74 Å². The molecule has 4 rings (SSSR count). The predicted octanol–water partition coefficient (Wildman–Crippen LogP) is 4.85. The van der Waals surface area contributed by atoms with Crippen molar-refractivity contribution in [2.24, 2.45) is 15.4 Å². The summed E-state index contributed by atoms with van der Waals surface area (Å²) >= 11 is 9.99. The normalized spacial score (nSPS) is 35.6. The van der Waals surface area contributed by atoms with Crippen molar-refractivity contribution in [1.29, 1.82) is 0 Å². The molecule has 5 heteroatoms. The van der Waals surface area contributed by atoms with Crippen molar-refractivity contribution in [3.63, 3.8) is 0 Å². The number of benzene rings is 1. The van der Waals surface area contributed by atoms with E-state index in [1.165, 1.54) is 11.1 Å². The Bertz CT molecular complexity index is 702. The molecule has 1 aromatic carbocycles. The molecule has 1 fully saturated rings. The molecular formula is C18H20BrClN2O. The van der Waals surface area contributed by atoms with E-state index in [1.54, 1.807) is 0 Å². The van der Waals surface area contributed by atoms with Gasteiger partial charge in [-0.15, -0.1) is 0 Å². The van der Waals surface area contributed by atoms with Crippen LogP contribution in [0.3, 0.4) is 0 Å². The van der Waals surface area contributed by atoms with Gasteiger partial charge >= 0.3 is 0 Å². The van der Waals surface area contributed by atoms with Crippen LogP contribution in [-0.4, -0.2) is 24.1 Å². The molecular weight excluding hydrogens is 376 g/mol. The van der Waals surface area contributed by atoms with E-state index >= 15 is 0 Å². The van der Waals surface area contributed by atoms with Gasteiger partial charge in [-0.25, -0.2) is 4.99 Å². The molecule has 3 aliphatic rings. The minimum absolute atomic E-state index is 0.0308. The molecule has 0 aromatic heterocycles. The Balaban J connectivity index is 1.86. The molecule has 0 radical (unpaired) electrons. The fraction of sp³-hybridized carbons (Fsp3) is 0.556. The Hall–Kier alpha value is -0.710. The second-order valence-electron chi connectivity index (χ2n) is 6.97. The summed E-state index contributed by atoms with van der Waals surface area (Å²) in [5.74, 6) is 0. The van der Waals surface area contributed by atoms with Crippen LogP contribution in [-0.2, 0) is 16.8 Å². The van der Waals surface area contributed by atoms with E-state index < -0.39 is 5.66 Å². The van der Waals surface area contributed by atoms with E-state index in [0.717, 1.165) is 42.3 Å². The molecule has 2 aliphatic carbocycles. The summed E-state index contributed by atoms with van der Waals surface area (Å²) in [6, 6.07) is 6.51. The lowest BCUT2D eigenvalue weighted by molar-refractivity contribution is -0.000328. The van der Waals surface area contributed by atoms with Crippen molar-refractivity contribution < 1.29 is 4.74 Å². The van der Waals surface area contributed by atoms with Crippen molar-refractivity contribution in [2.75, 3.05) is 7.11 Å². The number of ether oxygens (including phenoxy) is 1. The third-order valence-electron chi connectivity index (χ3n) is 5.83. The van der Waals surface area contributed by atoms with Gasteiger partial charge in [-0.2, -0.15) is 0 Å². The number of aliphatic imine (C=N–C) groups is 2. The van der Waals surface area contributed by atoms with Gasteiger partial charge in [0.1, 0.15) is 5.17 Å². The first kappa shape index (κ1) is 15.8. The van der Waals surface area contributed by atoms with Crippen LogP contribution in [0, 0.1) is 5.41 Å². The molecule has 2 spiro atoms. The monoisotopic (exact) mass is 394 g/mol. The highest BCUT2D eigenvalue weighted by Crippen LogP contribution is 2.62. The van der Waals surface area contributed by atoms with Crippen molar-refractivity contribution in [3.05, 3.63) is 33.8 Å². The fourth-order valence-electron chi connectivity index (χ4n) is 4.60. The fourth-order valence-corrected chi connectivity index (χ4v) is 5.13. The second kappa shape index (κ2) is 5.40. The van der Waals surface area contributed by atoms with Crippen LogP contribution in [0.15, 0.2) is 32.7 Å². The van der Waals surface area contributed by atoms with Crippen LogP contribution < -0.4 is 0 Å².